The van der Waals surface area contributed by atoms with Gasteiger partial charge in [-0.2, -0.15) is 0 Å². The number of carbonyl (C=O) groups excluding carboxylic acids is 1. The number of aryl methyl sites for hydroxylation is 2. The average Bonchev–Trinajstić information content (AvgIpc) is 3.22. The minimum Gasteiger partial charge on any atom is -0.494 e. The number of hydrogen-bond acceptors (Lipinski definition) is 3. The predicted molar refractivity (Wildman–Crippen MR) is 140 cm³/mol. The fraction of sp³-hybridized carbons (Fsp3) is 0.286. The maximum atomic E-state index is 12.2. The van der Waals surface area contributed by atoms with Gasteiger partial charge in [-0.15, -0.1) is 0 Å². The first-order valence-corrected chi connectivity index (χ1v) is 12.7. The van der Waals surface area contributed by atoms with Crippen molar-refractivity contribution in [3.63, 3.8) is 0 Å². The largest absolute Gasteiger partial charge is 0.494 e. The summed E-state index contributed by atoms with van der Waals surface area (Å²) < 4.78 is 9.17. The SMILES string of the molecule is O=C(NCCCCCc1nc2ccccc2n1CCCOc1ccccc1)c1ccc(Br)cc1. The van der Waals surface area contributed by atoms with E-state index >= 15 is 0 Å². The van der Waals surface area contributed by atoms with Gasteiger partial charge in [-0.1, -0.05) is 52.7 Å². The standard InChI is InChI=1S/C28H30BrN3O2/c29-23-17-15-22(16-18-23)28(33)30-19-8-2-5-14-27-31-25-12-6-7-13-26(25)32(27)20-9-21-34-24-10-3-1-4-11-24/h1,3-4,6-7,10-13,15-18H,2,5,8-9,14,19-21H2,(H,30,33). The van der Waals surface area contributed by atoms with Crippen molar-refractivity contribution in [1.82, 2.24) is 14.9 Å². The molecule has 1 amide bonds. The number of ether oxygens (including phenoxy) is 1. The van der Waals surface area contributed by atoms with Crippen LogP contribution in [0.25, 0.3) is 11.0 Å². The van der Waals surface area contributed by atoms with Crippen LogP contribution in [0.1, 0.15) is 41.9 Å². The average molecular weight is 520 g/mol. The van der Waals surface area contributed by atoms with E-state index in [0.717, 1.165) is 60.2 Å². The number of aromatic nitrogens is 2. The van der Waals surface area contributed by atoms with Crippen LogP contribution in [0.5, 0.6) is 5.75 Å². The fourth-order valence-electron chi connectivity index (χ4n) is 3.99. The minimum absolute atomic E-state index is 0.0213. The van der Waals surface area contributed by atoms with Gasteiger partial charge >= 0.3 is 0 Å². The van der Waals surface area contributed by atoms with Crippen LogP contribution in [0.3, 0.4) is 0 Å². The minimum atomic E-state index is -0.0213. The van der Waals surface area contributed by atoms with Crippen molar-refractivity contribution in [1.29, 1.82) is 0 Å². The molecule has 1 aromatic heterocycles. The Balaban J connectivity index is 1.23. The van der Waals surface area contributed by atoms with Crippen molar-refractivity contribution in [2.75, 3.05) is 13.2 Å². The lowest BCUT2D eigenvalue weighted by atomic mass is 10.1. The van der Waals surface area contributed by atoms with Gasteiger partial charge in [-0.3, -0.25) is 4.79 Å². The lowest BCUT2D eigenvalue weighted by molar-refractivity contribution is 0.0953. The lowest BCUT2D eigenvalue weighted by Gasteiger charge is -2.11. The molecule has 4 rings (SSSR count). The number of nitrogens with zero attached hydrogens (tertiary/aromatic N) is 2. The summed E-state index contributed by atoms with van der Waals surface area (Å²) >= 11 is 3.39. The number of benzene rings is 3. The van der Waals surface area contributed by atoms with Gasteiger partial charge in [0.1, 0.15) is 11.6 Å². The van der Waals surface area contributed by atoms with Gasteiger partial charge in [-0.05, 0) is 67.8 Å². The zero-order chi connectivity index (χ0) is 23.6. The molecule has 0 saturated heterocycles. The molecule has 0 atom stereocenters. The van der Waals surface area contributed by atoms with Gasteiger partial charge in [0.2, 0.25) is 0 Å². The number of rotatable bonds is 12. The maximum Gasteiger partial charge on any atom is 0.251 e. The van der Waals surface area contributed by atoms with E-state index in [1.165, 1.54) is 5.52 Å². The number of para-hydroxylation sites is 3. The van der Waals surface area contributed by atoms with Gasteiger partial charge in [-0.25, -0.2) is 4.98 Å². The molecular formula is C28H30BrN3O2. The van der Waals surface area contributed by atoms with Gasteiger partial charge in [0, 0.05) is 29.5 Å². The number of amides is 1. The Labute approximate surface area is 209 Å². The second kappa shape index (κ2) is 12.4. The molecule has 1 N–H and O–H groups in total. The molecule has 0 unspecified atom stereocenters. The molecular weight excluding hydrogens is 490 g/mol. The quantitative estimate of drug-likeness (QED) is 0.220. The number of hydrogen-bond donors (Lipinski definition) is 1. The van der Waals surface area contributed by atoms with Crippen molar-refractivity contribution in [2.45, 2.75) is 38.6 Å². The molecule has 34 heavy (non-hydrogen) atoms. The van der Waals surface area contributed by atoms with Crippen LogP contribution in [0.4, 0.5) is 0 Å². The van der Waals surface area contributed by atoms with Crippen molar-refractivity contribution in [3.05, 3.63) is 94.7 Å². The Morgan fingerprint density at radius 1 is 0.882 bits per heavy atom. The van der Waals surface area contributed by atoms with Gasteiger partial charge in [0.05, 0.1) is 17.6 Å². The first-order chi connectivity index (χ1) is 16.7. The summed E-state index contributed by atoms with van der Waals surface area (Å²) in [6.07, 6.45) is 4.88. The number of unbranched alkanes of at least 4 members (excludes halogenated alkanes) is 2. The molecule has 0 aliphatic carbocycles. The molecule has 0 spiro atoms. The van der Waals surface area contributed by atoms with E-state index in [1.807, 2.05) is 60.7 Å². The molecule has 0 fully saturated rings. The Kier molecular flexibility index (Phi) is 8.74. The van der Waals surface area contributed by atoms with E-state index in [1.54, 1.807) is 0 Å². The van der Waals surface area contributed by atoms with E-state index in [-0.39, 0.29) is 5.91 Å². The Morgan fingerprint density at radius 3 is 2.47 bits per heavy atom. The van der Waals surface area contributed by atoms with Crippen molar-refractivity contribution >= 4 is 32.9 Å². The van der Waals surface area contributed by atoms with E-state index < -0.39 is 0 Å². The molecule has 0 aliphatic rings. The number of carbonyl (C=O) groups is 1. The predicted octanol–water partition coefficient (Wildman–Crippen LogP) is 6.41. The summed E-state index contributed by atoms with van der Waals surface area (Å²) in [7, 11) is 0. The van der Waals surface area contributed by atoms with Gasteiger partial charge < -0.3 is 14.6 Å². The summed E-state index contributed by atoms with van der Waals surface area (Å²) in [5, 5.41) is 3.01. The zero-order valence-corrected chi connectivity index (χ0v) is 20.8. The molecule has 4 aromatic rings. The zero-order valence-electron chi connectivity index (χ0n) is 19.3. The highest BCUT2D eigenvalue weighted by molar-refractivity contribution is 9.10. The van der Waals surface area contributed by atoms with Crippen molar-refractivity contribution in [3.8, 4) is 5.75 Å². The molecule has 3 aromatic carbocycles. The van der Waals surface area contributed by atoms with Crippen LogP contribution in [0.2, 0.25) is 0 Å². The molecule has 5 nitrogen and oxygen atoms in total. The van der Waals surface area contributed by atoms with Gasteiger partial charge in [0.15, 0.2) is 0 Å². The molecule has 6 heteroatoms. The summed E-state index contributed by atoms with van der Waals surface area (Å²) in [5.74, 6) is 2.01. The van der Waals surface area contributed by atoms with Crippen LogP contribution in [0, 0.1) is 0 Å². The first-order valence-electron chi connectivity index (χ1n) is 11.9. The molecule has 176 valence electrons. The Morgan fingerprint density at radius 2 is 1.65 bits per heavy atom. The number of imidazole rings is 1. The highest BCUT2D eigenvalue weighted by Crippen LogP contribution is 2.19. The molecule has 0 aliphatic heterocycles. The van der Waals surface area contributed by atoms with Crippen LogP contribution in [-0.2, 0) is 13.0 Å². The number of fused-ring (bicyclic) bond motifs is 1. The fourth-order valence-corrected chi connectivity index (χ4v) is 4.25. The van der Waals surface area contributed by atoms with E-state index in [9.17, 15) is 4.79 Å². The Bertz CT molecular complexity index is 1190. The summed E-state index contributed by atoms with van der Waals surface area (Å²) in [6.45, 7) is 2.24. The molecule has 0 saturated carbocycles. The second-order valence-electron chi connectivity index (χ2n) is 8.26. The highest BCUT2D eigenvalue weighted by Gasteiger charge is 2.10. The molecule has 1 heterocycles. The summed E-state index contributed by atoms with van der Waals surface area (Å²) in [6, 6.07) is 25.7. The Hall–Kier alpha value is -3.12. The van der Waals surface area contributed by atoms with E-state index in [4.69, 9.17) is 9.72 Å². The van der Waals surface area contributed by atoms with Crippen LogP contribution < -0.4 is 10.1 Å². The normalized spacial score (nSPS) is 11.0. The lowest BCUT2D eigenvalue weighted by Crippen LogP contribution is -2.24. The van der Waals surface area contributed by atoms with Crippen molar-refractivity contribution < 1.29 is 9.53 Å². The molecule has 0 radical (unpaired) electrons. The van der Waals surface area contributed by atoms with E-state index in [0.29, 0.717) is 18.7 Å². The first kappa shape index (κ1) is 24.0. The third-order valence-corrected chi connectivity index (χ3v) is 6.27. The molecule has 0 bridgehead atoms. The van der Waals surface area contributed by atoms with Gasteiger partial charge in [0.25, 0.3) is 5.91 Å². The number of nitrogens with one attached hydrogen (secondary N) is 1. The summed E-state index contributed by atoms with van der Waals surface area (Å²) in [5.41, 5.74) is 2.91. The van der Waals surface area contributed by atoms with Crippen molar-refractivity contribution in [2.24, 2.45) is 0 Å². The van der Waals surface area contributed by atoms with Crippen LogP contribution >= 0.6 is 15.9 Å². The topological polar surface area (TPSA) is 56.2 Å². The highest BCUT2D eigenvalue weighted by atomic mass is 79.9. The number of halogens is 1. The maximum absolute atomic E-state index is 12.2. The smallest absolute Gasteiger partial charge is 0.251 e. The summed E-state index contributed by atoms with van der Waals surface area (Å²) in [4.78, 5) is 17.1. The second-order valence-corrected chi connectivity index (χ2v) is 9.17. The van der Waals surface area contributed by atoms with Crippen LogP contribution in [0.15, 0.2) is 83.3 Å². The van der Waals surface area contributed by atoms with E-state index in [2.05, 4.69) is 44.0 Å². The monoisotopic (exact) mass is 519 g/mol. The van der Waals surface area contributed by atoms with Crippen LogP contribution in [-0.4, -0.2) is 28.6 Å². The third-order valence-electron chi connectivity index (χ3n) is 5.74. The third kappa shape index (κ3) is 6.70.